The second-order valence-electron chi connectivity index (χ2n) is 7.44. The molecule has 0 unspecified atom stereocenters. The third-order valence-electron chi connectivity index (χ3n) is 4.71. The number of hydrogen-bond donors (Lipinski definition) is 2. The van der Waals surface area contributed by atoms with E-state index in [1.807, 2.05) is 6.92 Å². The van der Waals surface area contributed by atoms with Crippen molar-refractivity contribution in [3.8, 4) is 5.75 Å². The highest BCUT2D eigenvalue weighted by molar-refractivity contribution is 9.10. The third kappa shape index (κ3) is 7.40. The molecular weight excluding hydrogens is 532 g/mol. The van der Waals surface area contributed by atoms with Gasteiger partial charge >= 0.3 is 10.1 Å². The van der Waals surface area contributed by atoms with Gasteiger partial charge in [-0.05, 0) is 67.1 Å². The van der Waals surface area contributed by atoms with Crippen molar-refractivity contribution in [3.63, 3.8) is 0 Å². The van der Waals surface area contributed by atoms with Gasteiger partial charge in [0.15, 0.2) is 0 Å². The molecule has 3 rings (SSSR count). The fourth-order valence-electron chi connectivity index (χ4n) is 2.88. The molecule has 0 spiro atoms. The minimum absolute atomic E-state index is 0.0146. The van der Waals surface area contributed by atoms with Gasteiger partial charge in [-0.25, -0.2) is 0 Å². The topological polar surface area (TPSA) is 102 Å². The van der Waals surface area contributed by atoms with Crippen LogP contribution < -0.4 is 14.8 Å². The maximum absolute atomic E-state index is 12.6. The van der Waals surface area contributed by atoms with Crippen LogP contribution in [0.15, 0.2) is 101 Å². The van der Waals surface area contributed by atoms with E-state index in [4.69, 9.17) is 4.18 Å². The van der Waals surface area contributed by atoms with Crippen LogP contribution in [0.5, 0.6) is 5.75 Å². The zero-order valence-electron chi connectivity index (χ0n) is 18.8. The van der Waals surface area contributed by atoms with Crippen molar-refractivity contribution in [2.24, 2.45) is 0 Å². The van der Waals surface area contributed by atoms with Gasteiger partial charge in [0.2, 0.25) is 0 Å². The molecule has 180 valence electrons. The van der Waals surface area contributed by atoms with Gasteiger partial charge in [0.25, 0.3) is 11.8 Å². The number of carbonyl (C=O) groups excluding carboxylic acids is 2. The van der Waals surface area contributed by atoms with Crippen LogP contribution in [-0.4, -0.2) is 26.8 Å². The Morgan fingerprint density at radius 3 is 2.20 bits per heavy atom. The molecule has 0 heterocycles. The molecule has 0 aliphatic heterocycles. The Labute approximate surface area is 212 Å². The first-order valence-corrected chi connectivity index (χ1v) is 12.7. The van der Waals surface area contributed by atoms with E-state index in [-0.39, 0.29) is 22.9 Å². The Morgan fingerprint density at radius 1 is 0.971 bits per heavy atom. The number of carbonyl (C=O) groups is 2. The van der Waals surface area contributed by atoms with Crippen molar-refractivity contribution in [2.75, 3.05) is 6.54 Å². The zero-order valence-corrected chi connectivity index (χ0v) is 21.2. The van der Waals surface area contributed by atoms with E-state index in [0.29, 0.717) is 11.1 Å². The van der Waals surface area contributed by atoms with Crippen LogP contribution in [0.3, 0.4) is 0 Å². The van der Waals surface area contributed by atoms with Crippen LogP contribution in [0.2, 0.25) is 0 Å². The van der Waals surface area contributed by atoms with E-state index >= 15 is 0 Å². The van der Waals surface area contributed by atoms with E-state index in [0.717, 1.165) is 10.0 Å². The Morgan fingerprint density at radius 2 is 1.60 bits per heavy atom. The molecule has 0 saturated carbocycles. The fraction of sp³-hybridized carbons (Fsp3) is 0.0769. The van der Waals surface area contributed by atoms with Crippen LogP contribution in [0.1, 0.15) is 21.5 Å². The van der Waals surface area contributed by atoms with Crippen LogP contribution in [0, 0.1) is 6.92 Å². The number of nitrogens with one attached hydrogen (secondary N) is 2. The van der Waals surface area contributed by atoms with Gasteiger partial charge in [0, 0.05) is 16.6 Å². The van der Waals surface area contributed by atoms with Crippen LogP contribution in [0.4, 0.5) is 0 Å². The van der Waals surface area contributed by atoms with Crippen LogP contribution in [-0.2, 0) is 14.9 Å². The van der Waals surface area contributed by atoms with Gasteiger partial charge in [-0.3, -0.25) is 9.59 Å². The van der Waals surface area contributed by atoms with Gasteiger partial charge in [-0.1, -0.05) is 51.8 Å². The van der Waals surface area contributed by atoms with Crippen molar-refractivity contribution in [2.45, 2.75) is 11.8 Å². The minimum atomic E-state index is -3.99. The second-order valence-corrected chi connectivity index (χ2v) is 9.90. The molecule has 35 heavy (non-hydrogen) atoms. The van der Waals surface area contributed by atoms with E-state index in [1.54, 1.807) is 48.5 Å². The van der Waals surface area contributed by atoms with Crippen molar-refractivity contribution in [3.05, 3.63) is 112 Å². The summed E-state index contributed by atoms with van der Waals surface area (Å²) in [6.07, 6.45) is 3.00. The van der Waals surface area contributed by atoms with Gasteiger partial charge in [-0.15, -0.1) is 6.58 Å². The Bertz CT molecular complexity index is 1350. The number of hydrogen-bond acceptors (Lipinski definition) is 5. The number of amides is 2. The number of halogens is 1. The molecular formula is C26H23BrN2O5S. The monoisotopic (exact) mass is 554 g/mol. The molecule has 3 aromatic rings. The summed E-state index contributed by atoms with van der Waals surface area (Å²) in [7, 11) is -3.99. The van der Waals surface area contributed by atoms with Crippen LogP contribution >= 0.6 is 15.9 Å². The molecule has 2 amide bonds. The lowest BCUT2D eigenvalue weighted by Gasteiger charge is -2.11. The molecule has 0 radical (unpaired) electrons. The Hall–Kier alpha value is -3.69. The van der Waals surface area contributed by atoms with Gasteiger partial charge < -0.3 is 14.8 Å². The van der Waals surface area contributed by atoms with Crippen molar-refractivity contribution >= 4 is 43.9 Å². The first kappa shape index (κ1) is 25.9. The predicted molar refractivity (Wildman–Crippen MR) is 138 cm³/mol. The van der Waals surface area contributed by atoms with E-state index in [1.165, 1.54) is 36.4 Å². The molecule has 0 bridgehead atoms. The summed E-state index contributed by atoms with van der Waals surface area (Å²) in [5.41, 5.74) is 1.87. The van der Waals surface area contributed by atoms with Gasteiger partial charge in [0.05, 0.1) is 0 Å². The average molecular weight is 555 g/mol. The summed E-state index contributed by atoms with van der Waals surface area (Å²) in [6.45, 7) is 5.64. The fourth-order valence-corrected chi connectivity index (χ4v) is 4.07. The first-order chi connectivity index (χ1) is 16.7. The number of aryl methyl sites for hydroxylation is 1. The number of benzene rings is 3. The van der Waals surface area contributed by atoms with Crippen molar-refractivity contribution in [1.82, 2.24) is 10.6 Å². The van der Waals surface area contributed by atoms with E-state index in [9.17, 15) is 18.0 Å². The Balaban J connectivity index is 1.80. The predicted octanol–water partition coefficient (Wildman–Crippen LogP) is 4.60. The molecule has 7 nitrogen and oxygen atoms in total. The van der Waals surface area contributed by atoms with E-state index < -0.39 is 21.9 Å². The smallest absolute Gasteiger partial charge is 0.339 e. The Kier molecular flexibility index (Phi) is 8.62. The molecule has 3 aromatic carbocycles. The lowest BCUT2D eigenvalue weighted by molar-refractivity contribution is -0.117. The SMILES string of the molecule is C=CCNC(=O)C(=Cc1ccc(OS(=O)(=O)c2ccc(C)cc2)cc1)NC(=O)c1ccc(Br)cc1. The minimum Gasteiger partial charge on any atom is -0.379 e. The molecule has 0 aromatic heterocycles. The summed E-state index contributed by atoms with van der Waals surface area (Å²) in [4.78, 5) is 25.3. The lowest BCUT2D eigenvalue weighted by Crippen LogP contribution is -2.34. The summed E-state index contributed by atoms with van der Waals surface area (Å²) in [5.74, 6) is -0.849. The molecule has 0 aliphatic rings. The first-order valence-electron chi connectivity index (χ1n) is 10.5. The molecule has 0 saturated heterocycles. The lowest BCUT2D eigenvalue weighted by atomic mass is 10.1. The van der Waals surface area contributed by atoms with E-state index in [2.05, 4.69) is 33.1 Å². The van der Waals surface area contributed by atoms with Crippen molar-refractivity contribution in [1.29, 1.82) is 0 Å². The zero-order chi connectivity index (χ0) is 25.4. The summed E-state index contributed by atoms with van der Waals surface area (Å²) >= 11 is 3.32. The summed E-state index contributed by atoms with van der Waals surface area (Å²) in [6, 6.07) is 19.1. The molecule has 2 N–H and O–H groups in total. The molecule has 0 fully saturated rings. The maximum Gasteiger partial charge on any atom is 0.339 e. The van der Waals surface area contributed by atoms with Crippen molar-refractivity contribution < 1.29 is 22.2 Å². The van der Waals surface area contributed by atoms with Crippen LogP contribution in [0.25, 0.3) is 6.08 Å². The molecule has 0 atom stereocenters. The summed E-state index contributed by atoms with van der Waals surface area (Å²) in [5, 5.41) is 5.25. The highest BCUT2D eigenvalue weighted by atomic mass is 79.9. The van der Waals surface area contributed by atoms with Gasteiger partial charge in [-0.2, -0.15) is 8.42 Å². The molecule has 9 heteroatoms. The summed E-state index contributed by atoms with van der Waals surface area (Å²) < 4.78 is 31.0. The normalized spacial score (nSPS) is 11.4. The third-order valence-corrected chi connectivity index (χ3v) is 6.50. The highest BCUT2D eigenvalue weighted by Crippen LogP contribution is 2.20. The maximum atomic E-state index is 12.6. The standard InChI is InChI=1S/C26H23BrN2O5S/c1-3-16-28-26(31)24(29-25(30)20-8-10-21(27)11-9-20)17-19-6-12-22(13-7-19)34-35(32,33)23-14-4-18(2)5-15-23/h3-15,17H,1,16H2,2H3,(H,28,31)(H,29,30). The average Bonchev–Trinajstić information content (AvgIpc) is 2.83. The molecule has 0 aliphatic carbocycles. The highest BCUT2D eigenvalue weighted by Gasteiger charge is 2.17. The number of rotatable bonds is 9. The second kappa shape index (κ2) is 11.6. The van der Waals surface area contributed by atoms with Gasteiger partial charge in [0.1, 0.15) is 16.3 Å². The quantitative estimate of drug-likeness (QED) is 0.228. The largest absolute Gasteiger partial charge is 0.379 e.